The molecule has 4 rings (SSSR count). The summed E-state index contributed by atoms with van der Waals surface area (Å²) in [7, 11) is -3.35. The minimum Gasteiger partial charge on any atom is -0.352 e. The average molecular weight is 475 g/mol. The van der Waals surface area contributed by atoms with Crippen LogP contribution >= 0.6 is 0 Å². The van der Waals surface area contributed by atoms with Gasteiger partial charge < -0.3 is 10.2 Å². The smallest absolute Gasteiger partial charge is 0.226 e. The maximum absolute atomic E-state index is 13.3. The molecule has 2 aromatic carbocycles. The number of piperidine rings is 1. The van der Waals surface area contributed by atoms with Crippen molar-refractivity contribution < 1.29 is 22.0 Å². The summed E-state index contributed by atoms with van der Waals surface area (Å²) >= 11 is 0. The Labute approximate surface area is 190 Å². The highest BCUT2D eigenvalue weighted by molar-refractivity contribution is 7.90. The number of aromatic nitrogens is 2. The second-order valence-corrected chi connectivity index (χ2v) is 10.3. The molecule has 1 aromatic heterocycles. The van der Waals surface area contributed by atoms with Gasteiger partial charge in [-0.05, 0) is 55.7 Å². The Kier molecular flexibility index (Phi) is 6.29. The van der Waals surface area contributed by atoms with Gasteiger partial charge in [0.1, 0.15) is 0 Å². The summed E-state index contributed by atoms with van der Waals surface area (Å²) in [5, 5.41) is 3.58. The first kappa shape index (κ1) is 23.0. The summed E-state index contributed by atoms with van der Waals surface area (Å²) in [6.07, 6.45) is 2.34. The maximum Gasteiger partial charge on any atom is 0.226 e. The second-order valence-electron chi connectivity index (χ2n) is 8.29. The number of sulfone groups is 1. The number of halogens is 2. The van der Waals surface area contributed by atoms with Gasteiger partial charge in [-0.1, -0.05) is 6.07 Å². The number of hydrogen-bond donors (Lipinski definition) is 1. The monoisotopic (exact) mass is 474 g/mol. The molecule has 0 spiro atoms. The van der Waals surface area contributed by atoms with Crippen molar-refractivity contribution >= 4 is 32.6 Å². The molecular weight excluding hydrogens is 450 g/mol. The van der Waals surface area contributed by atoms with E-state index in [0.29, 0.717) is 43.0 Å². The summed E-state index contributed by atoms with van der Waals surface area (Å²) < 4.78 is 50.2. The lowest BCUT2D eigenvalue weighted by Gasteiger charge is -2.31. The van der Waals surface area contributed by atoms with E-state index in [1.54, 1.807) is 18.2 Å². The topological polar surface area (TPSA) is 92.3 Å². The highest BCUT2D eigenvalue weighted by atomic mass is 32.2. The van der Waals surface area contributed by atoms with Crippen LogP contribution in [0.15, 0.2) is 41.3 Å². The van der Waals surface area contributed by atoms with Crippen LogP contribution in [0.25, 0.3) is 10.9 Å². The molecule has 0 radical (unpaired) electrons. The highest BCUT2D eigenvalue weighted by Gasteiger charge is 2.26. The lowest BCUT2D eigenvalue weighted by atomic mass is 9.96. The number of anilines is 1. The third-order valence-electron chi connectivity index (χ3n) is 5.87. The first-order valence-corrected chi connectivity index (χ1v) is 12.5. The lowest BCUT2D eigenvalue weighted by molar-refractivity contribution is -0.125. The van der Waals surface area contributed by atoms with Gasteiger partial charge >= 0.3 is 0 Å². The maximum atomic E-state index is 13.3. The average Bonchev–Trinajstić information content (AvgIpc) is 2.78. The fourth-order valence-electron chi connectivity index (χ4n) is 3.95. The van der Waals surface area contributed by atoms with Crippen molar-refractivity contribution in [3.63, 3.8) is 0 Å². The molecule has 1 saturated heterocycles. The molecule has 0 bridgehead atoms. The van der Waals surface area contributed by atoms with Crippen LogP contribution in [0.1, 0.15) is 24.1 Å². The van der Waals surface area contributed by atoms with Crippen LogP contribution in [0.2, 0.25) is 0 Å². The van der Waals surface area contributed by atoms with Gasteiger partial charge in [0.25, 0.3) is 0 Å². The fraction of sp³-hybridized carbons (Fsp3) is 0.348. The zero-order chi connectivity index (χ0) is 23.8. The number of nitrogens with zero attached hydrogens (tertiary/aromatic N) is 3. The lowest BCUT2D eigenvalue weighted by Crippen LogP contribution is -2.41. The first-order valence-electron chi connectivity index (χ1n) is 10.6. The van der Waals surface area contributed by atoms with Crippen LogP contribution in [-0.2, 0) is 21.2 Å². The zero-order valence-corrected chi connectivity index (χ0v) is 19.1. The fourth-order valence-corrected chi connectivity index (χ4v) is 4.59. The number of carbonyl (C=O) groups is 1. The molecular formula is C23H24F2N4O3S. The van der Waals surface area contributed by atoms with Gasteiger partial charge in [0.05, 0.1) is 16.1 Å². The van der Waals surface area contributed by atoms with Gasteiger partial charge in [0.2, 0.25) is 11.9 Å². The molecule has 0 unspecified atom stereocenters. The summed E-state index contributed by atoms with van der Waals surface area (Å²) in [6, 6.07) is 8.39. The second kappa shape index (κ2) is 9.01. The molecule has 33 heavy (non-hydrogen) atoms. The van der Waals surface area contributed by atoms with Gasteiger partial charge in [-0.2, -0.15) is 0 Å². The number of amides is 1. The number of fused-ring (bicyclic) bond motifs is 1. The Hall–Kier alpha value is -3.14. The minimum absolute atomic E-state index is 0.131. The predicted octanol–water partition coefficient (Wildman–Crippen LogP) is 3.15. The molecule has 2 heterocycles. The van der Waals surface area contributed by atoms with Crippen LogP contribution < -0.4 is 10.2 Å². The van der Waals surface area contributed by atoms with E-state index < -0.39 is 21.5 Å². The number of hydrogen-bond acceptors (Lipinski definition) is 6. The normalized spacial score (nSPS) is 15.1. The largest absolute Gasteiger partial charge is 0.352 e. The van der Waals surface area contributed by atoms with Gasteiger partial charge in [-0.3, -0.25) is 4.79 Å². The van der Waals surface area contributed by atoms with Crippen molar-refractivity contribution in [2.45, 2.75) is 31.2 Å². The van der Waals surface area contributed by atoms with E-state index in [1.165, 1.54) is 6.07 Å². The van der Waals surface area contributed by atoms with Crippen LogP contribution in [0.4, 0.5) is 14.7 Å². The van der Waals surface area contributed by atoms with Crippen molar-refractivity contribution in [3.05, 3.63) is 59.3 Å². The third kappa shape index (κ3) is 5.11. The zero-order valence-electron chi connectivity index (χ0n) is 18.3. The van der Waals surface area contributed by atoms with Gasteiger partial charge in [0, 0.05) is 37.2 Å². The number of benzene rings is 2. The van der Waals surface area contributed by atoms with Crippen LogP contribution in [0.5, 0.6) is 0 Å². The quantitative estimate of drug-likeness (QED) is 0.611. The molecule has 10 heteroatoms. The molecule has 7 nitrogen and oxygen atoms in total. The Morgan fingerprint density at radius 2 is 1.82 bits per heavy atom. The van der Waals surface area contributed by atoms with E-state index in [2.05, 4.69) is 15.3 Å². The molecule has 0 saturated carbocycles. The van der Waals surface area contributed by atoms with Crippen LogP contribution in [0.3, 0.4) is 0 Å². The summed E-state index contributed by atoms with van der Waals surface area (Å²) in [4.78, 5) is 23.9. The molecule has 0 aliphatic carbocycles. The number of rotatable bonds is 5. The van der Waals surface area contributed by atoms with Crippen LogP contribution in [0, 0.1) is 24.5 Å². The molecule has 174 valence electrons. The Morgan fingerprint density at radius 3 is 2.48 bits per heavy atom. The molecule has 3 aromatic rings. The SMILES string of the molecule is Cc1nc(N2CCC(C(=O)NCc3ccc(F)c(F)c3)CC2)nc2cc(S(C)(=O)=O)ccc12. The highest BCUT2D eigenvalue weighted by Crippen LogP contribution is 2.26. The summed E-state index contributed by atoms with van der Waals surface area (Å²) in [5.41, 5.74) is 1.81. The molecule has 1 aliphatic heterocycles. The van der Waals surface area contributed by atoms with Gasteiger partial charge in [-0.15, -0.1) is 0 Å². The van der Waals surface area contributed by atoms with Crippen molar-refractivity contribution in [1.82, 2.24) is 15.3 Å². The molecule has 1 amide bonds. The van der Waals surface area contributed by atoms with Crippen molar-refractivity contribution in [2.75, 3.05) is 24.2 Å². The Balaban J connectivity index is 1.41. The van der Waals surface area contributed by atoms with E-state index in [-0.39, 0.29) is 23.3 Å². The molecule has 1 aliphatic rings. The first-order chi connectivity index (χ1) is 15.6. The standard InChI is InChI=1S/C23H24F2N4O3S/c1-14-18-5-4-17(33(2,31)32)12-21(18)28-23(27-14)29-9-7-16(8-10-29)22(30)26-13-15-3-6-19(24)20(25)11-15/h3-6,11-12,16H,7-10,13H2,1-2H3,(H,26,30). The summed E-state index contributed by atoms with van der Waals surface area (Å²) in [5.74, 6) is -1.69. The number of aryl methyl sites for hydroxylation is 1. The molecule has 1 fully saturated rings. The third-order valence-corrected chi connectivity index (χ3v) is 6.98. The van der Waals surface area contributed by atoms with Crippen molar-refractivity contribution in [2.24, 2.45) is 5.92 Å². The van der Waals surface area contributed by atoms with Gasteiger partial charge in [0.15, 0.2) is 21.5 Å². The Bertz CT molecular complexity index is 1320. The van der Waals surface area contributed by atoms with Crippen molar-refractivity contribution in [3.8, 4) is 0 Å². The van der Waals surface area contributed by atoms with Crippen LogP contribution in [-0.4, -0.2) is 43.6 Å². The minimum atomic E-state index is -3.35. The van der Waals surface area contributed by atoms with E-state index in [9.17, 15) is 22.0 Å². The van der Waals surface area contributed by atoms with Crippen molar-refractivity contribution in [1.29, 1.82) is 0 Å². The van der Waals surface area contributed by atoms with E-state index in [0.717, 1.165) is 29.5 Å². The molecule has 0 atom stereocenters. The van der Waals surface area contributed by atoms with E-state index >= 15 is 0 Å². The predicted molar refractivity (Wildman–Crippen MR) is 121 cm³/mol. The number of nitrogens with one attached hydrogen (secondary N) is 1. The molecule has 1 N–H and O–H groups in total. The number of carbonyl (C=O) groups excluding carboxylic acids is 1. The van der Waals surface area contributed by atoms with E-state index in [4.69, 9.17) is 0 Å². The van der Waals surface area contributed by atoms with E-state index in [1.807, 2.05) is 11.8 Å². The summed E-state index contributed by atoms with van der Waals surface area (Å²) in [6.45, 7) is 3.12. The van der Waals surface area contributed by atoms with Gasteiger partial charge in [-0.25, -0.2) is 27.2 Å². The Morgan fingerprint density at radius 1 is 1.09 bits per heavy atom.